The lowest BCUT2D eigenvalue weighted by Gasteiger charge is -2.27. The third-order valence-corrected chi connectivity index (χ3v) is 4.44. The van der Waals surface area contributed by atoms with Crippen molar-refractivity contribution in [2.45, 2.75) is 39.7 Å². The Kier molecular flexibility index (Phi) is 11.6. The summed E-state index contributed by atoms with van der Waals surface area (Å²) in [4.78, 5) is 11.3. The molecule has 1 aliphatic rings. The van der Waals surface area contributed by atoms with Crippen LogP contribution in [0.15, 0.2) is 23.3 Å². The van der Waals surface area contributed by atoms with Crippen molar-refractivity contribution in [2.75, 3.05) is 40.0 Å². The first-order valence-electron chi connectivity index (χ1n) is 9.38. The molecule has 6 nitrogen and oxygen atoms in total. The number of guanidine groups is 1. The molecule has 148 valence electrons. The minimum Gasteiger partial charge on any atom is -0.478 e. The Morgan fingerprint density at radius 3 is 2.85 bits per heavy atom. The molecule has 1 aromatic heterocycles. The van der Waals surface area contributed by atoms with Gasteiger partial charge < -0.3 is 19.7 Å². The molecule has 1 saturated heterocycles. The second kappa shape index (κ2) is 13.1. The maximum absolute atomic E-state index is 5.59. The summed E-state index contributed by atoms with van der Waals surface area (Å²) in [5.41, 5.74) is 1.01. The van der Waals surface area contributed by atoms with Crippen LogP contribution >= 0.6 is 24.0 Å². The van der Waals surface area contributed by atoms with Gasteiger partial charge in [-0.25, -0.2) is 9.98 Å². The molecular formula is C19H33IN4O2. The first-order valence-corrected chi connectivity index (χ1v) is 9.38. The van der Waals surface area contributed by atoms with E-state index in [2.05, 4.69) is 29.2 Å². The van der Waals surface area contributed by atoms with E-state index < -0.39 is 0 Å². The van der Waals surface area contributed by atoms with Crippen LogP contribution in [-0.4, -0.2) is 55.8 Å². The van der Waals surface area contributed by atoms with Crippen LogP contribution in [-0.2, 0) is 11.3 Å². The Balaban J connectivity index is 0.00000338. The highest BCUT2D eigenvalue weighted by Crippen LogP contribution is 2.19. The number of aromatic nitrogens is 1. The fourth-order valence-electron chi connectivity index (χ4n) is 2.96. The maximum atomic E-state index is 5.59. The molecule has 1 fully saturated rings. The lowest BCUT2D eigenvalue weighted by atomic mass is 9.96. The van der Waals surface area contributed by atoms with Crippen LogP contribution in [0.2, 0.25) is 0 Å². The van der Waals surface area contributed by atoms with Gasteiger partial charge in [0.05, 0.1) is 13.2 Å². The number of aliphatic imine (C=N–C) groups is 1. The van der Waals surface area contributed by atoms with E-state index in [1.54, 1.807) is 6.20 Å². The lowest BCUT2D eigenvalue weighted by molar-refractivity contribution is 0.0625. The summed E-state index contributed by atoms with van der Waals surface area (Å²) in [7, 11) is 2.10. The normalized spacial score (nSPS) is 15.3. The van der Waals surface area contributed by atoms with Crippen molar-refractivity contribution in [2.24, 2.45) is 10.9 Å². The van der Waals surface area contributed by atoms with Crippen molar-refractivity contribution >= 4 is 29.9 Å². The van der Waals surface area contributed by atoms with Gasteiger partial charge in [0.15, 0.2) is 5.96 Å². The number of pyridine rings is 1. The SMILES string of the molecule is CCNC(=NCc1cccnc1OCC)N(C)CCC1CCOCC1.I. The molecule has 1 aromatic rings. The highest BCUT2D eigenvalue weighted by molar-refractivity contribution is 14.0. The van der Waals surface area contributed by atoms with Crippen LogP contribution in [0.25, 0.3) is 0 Å². The molecule has 0 unspecified atom stereocenters. The molecule has 1 N–H and O–H groups in total. The Bertz CT molecular complexity index is 536. The third kappa shape index (κ3) is 7.65. The molecule has 0 bridgehead atoms. The molecule has 26 heavy (non-hydrogen) atoms. The second-order valence-electron chi connectivity index (χ2n) is 6.34. The highest BCUT2D eigenvalue weighted by atomic mass is 127. The number of hydrogen-bond acceptors (Lipinski definition) is 4. The van der Waals surface area contributed by atoms with Crippen LogP contribution < -0.4 is 10.1 Å². The quantitative estimate of drug-likeness (QED) is 0.355. The Labute approximate surface area is 174 Å². The summed E-state index contributed by atoms with van der Waals surface area (Å²) in [5.74, 6) is 2.37. The zero-order valence-electron chi connectivity index (χ0n) is 16.2. The largest absolute Gasteiger partial charge is 0.478 e. The van der Waals surface area contributed by atoms with Gasteiger partial charge in [-0.15, -0.1) is 24.0 Å². The molecule has 0 amide bonds. The lowest BCUT2D eigenvalue weighted by Crippen LogP contribution is -2.40. The maximum Gasteiger partial charge on any atom is 0.218 e. The number of hydrogen-bond donors (Lipinski definition) is 1. The van der Waals surface area contributed by atoms with Gasteiger partial charge in [-0.1, -0.05) is 6.07 Å². The number of ether oxygens (including phenoxy) is 2. The molecule has 1 aliphatic heterocycles. The van der Waals surface area contributed by atoms with E-state index in [1.165, 1.54) is 19.3 Å². The second-order valence-corrected chi connectivity index (χ2v) is 6.34. The molecular weight excluding hydrogens is 443 g/mol. The van der Waals surface area contributed by atoms with E-state index in [0.29, 0.717) is 19.0 Å². The van der Waals surface area contributed by atoms with Crippen molar-refractivity contribution in [3.63, 3.8) is 0 Å². The zero-order valence-corrected chi connectivity index (χ0v) is 18.6. The fraction of sp³-hybridized carbons (Fsp3) is 0.684. The smallest absolute Gasteiger partial charge is 0.218 e. The average Bonchev–Trinajstić information content (AvgIpc) is 2.65. The minimum atomic E-state index is 0. The Hall–Kier alpha value is -1.09. The van der Waals surface area contributed by atoms with Crippen LogP contribution in [0.4, 0.5) is 0 Å². The summed E-state index contributed by atoms with van der Waals surface area (Å²) in [5, 5.41) is 3.38. The van der Waals surface area contributed by atoms with Gasteiger partial charge in [0.2, 0.25) is 5.88 Å². The van der Waals surface area contributed by atoms with Crippen LogP contribution in [0.1, 0.15) is 38.7 Å². The fourth-order valence-corrected chi connectivity index (χ4v) is 2.96. The average molecular weight is 476 g/mol. The predicted octanol–water partition coefficient (Wildman–Crippen LogP) is 3.31. The van der Waals surface area contributed by atoms with E-state index in [4.69, 9.17) is 14.5 Å². The van der Waals surface area contributed by atoms with Gasteiger partial charge in [-0.3, -0.25) is 0 Å². The molecule has 0 spiro atoms. The minimum absolute atomic E-state index is 0. The Morgan fingerprint density at radius 2 is 2.15 bits per heavy atom. The van der Waals surface area contributed by atoms with Gasteiger partial charge >= 0.3 is 0 Å². The Morgan fingerprint density at radius 1 is 1.38 bits per heavy atom. The summed E-state index contributed by atoms with van der Waals surface area (Å²) in [6.45, 7) is 8.90. The molecule has 2 rings (SSSR count). The van der Waals surface area contributed by atoms with Crippen LogP contribution in [0, 0.1) is 5.92 Å². The number of halogens is 1. The highest BCUT2D eigenvalue weighted by Gasteiger charge is 2.15. The van der Waals surface area contributed by atoms with Gasteiger partial charge in [-0.2, -0.15) is 0 Å². The van der Waals surface area contributed by atoms with Gasteiger partial charge in [0.25, 0.3) is 0 Å². The number of rotatable bonds is 8. The van der Waals surface area contributed by atoms with Gasteiger partial charge in [0.1, 0.15) is 0 Å². The van der Waals surface area contributed by atoms with E-state index in [1.807, 2.05) is 19.1 Å². The number of nitrogens with one attached hydrogen (secondary N) is 1. The molecule has 7 heteroatoms. The summed E-state index contributed by atoms with van der Waals surface area (Å²) in [6, 6.07) is 3.95. The zero-order chi connectivity index (χ0) is 17.9. The summed E-state index contributed by atoms with van der Waals surface area (Å²) in [6.07, 6.45) is 5.29. The van der Waals surface area contributed by atoms with Crippen molar-refractivity contribution < 1.29 is 9.47 Å². The van der Waals surface area contributed by atoms with Crippen LogP contribution in [0.5, 0.6) is 5.88 Å². The van der Waals surface area contributed by atoms with Crippen molar-refractivity contribution in [1.82, 2.24) is 15.2 Å². The standard InChI is InChI=1S/C19H32N4O2.HI/c1-4-20-19(23(3)12-8-16-9-13-24-14-10-16)22-15-17-7-6-11-21-18(17)25-5-2;/h6-7,11,16H,4-5,8-10,12-15H2,1-3H3,(H,20,22);1H. The van der Waals surface area contributed by atoms with E-state index >= 15 is 0 Å². The van der Waals surface area contributed by atoms with Crippen molar-refractivity contribution in [3.05, 3.63) is 23.9 Å². The summed E-state index contributed by atoms with van der Waals surface area (Å²) < 4.78 is 11.0. The van der Waals surface area contributed by atoms with E-state index in [-0.39, 0.29) is 24.0 Å². The molecule has 0 aliphatic carbocycles. The molecule has 2 heterocycles. The predicted molar refractivity (Wildman–Crippen MR) is 116 cm³/mol. The van der Waals surface area contributed by atoms with Crippen LogP contribution in [0.3, 0.4) is 0 Å². The van der Waals surface area contributed by atoms with Gasteiger partial charge in [-0.05, 0) is 45.1 Å². The van der Waals surface area contributed by atoms with Crippen molar-refractivity contribution in [3.8, 4) is 5.88 Å². The first kappa shape index (κ1) is 23.0. The topological polar surface area (TPSA) is 59.0 Å². The molecule has 0 saturated carbocycles. The number of nitrogens with zero attached hydrogens (tertiary/aromatic N) is 3. The molecule has 0 radical (unpaired) electrons. The van der Waals surface area contributed by atoms with Crippen molar-refractivity contribution in [1.29, 1.82) is 0 Å². The molecule has 0 aromatic carbocycles. The first-order chi connectivity index (χ1) is 12.2. The third-order valence-electron chi connectivity index (χ3n) is 4.44. The molecule has 0 atom stereocenters. The van der Waals surface area contributed by atoms with E-state index in [0.717, 1.165) is 43.7 Å². The van der Waals surface area contributed by atoms with Gasteiger partial charge in [0, 0.05) is 45.1 Å². The summed E-state index contributed by atoms with van der Waals surface area (Å²) >= 11 is 0. The van der Waals surface area contributed by atoms with E-state index in [9.17, 15) is 0 Å². The monoisotopic (exact) mass is 476 g/mol.